The van der Waals surface area contributed by atoms with E-state index in [1.54, 1.807) is 0 Å². The van der Waals surface area contributed by atoms with Gasteiger partial charge in [-0.25, -0.2) is 0 Å². The molecule has 1 aliphatic heterocycles. The van der Waals surface area contributed by atoms with E-state index in [0.717, 1.165) is 6.61 Å². The SMILES string of the molecule is C1CC[SiH2]OC1.[NaH]. The van der Waals surface area contributed by atoms with Crippen LogP contribution in [-0.4, -0.2) is 45.9 Å². The maximum atomic E-state index is 5.21. The standard InChI is InChI=1S/C4H10OSi.Na.H/c1-2-4-6-5-3-1;;/h1-4,6H2;;. The Balaban J connectivity index is 0.000000360. The quantitative estimate of drug-likeness (QED) is 0.403. The zero-order valence-corrected chi connectivity index (χ0v) is 5.36. The van der Waals surface area contributed by atoms with Crippen LogP contribution >= 0.6 is 0 Å². The van der Waals surface area contributed by atoms with E-state index in [-0.39, 0.29) is 39.3 Å². The Hall–Kier alpha value is 1.18. The van der Waals surface area contributed by atoms with E-state index in [1.807, 2.05) is 0 Å². The first-order chi connectivity index (χ1) is 3.00. The van der Waals surface area contributed by atoms with Crippen molar-refractivity contribution in [2.75, 3.05) is 6.61 Å². The van der Waals surface area contributed by atoms with Crippen molar-refractivity contribution < 1.29 is 4.43 Å². The van der Waals surface area contributed by atoms with Gasteiger partial charge in [0.2, 0.25) is 0 Å². The second-order valence-electron chi connectivity index (χ2n) is 1.67. The number of rotatable bonds is 0. The van der Waals surface area contributed by atoms with Crippen LogP contribution < -0.4 is 0 Å². The van der Waals surface area contributed by atoms with Crippen LogP contribution in [0.3, 0.4) is 0 Å². The molecule has 0 N–H and O–H groups in total. The fourth-order valence-electron chi connectivity index (χ4n) is 0.687. The molecule has 0 spiro atoms. The summed E-state index contributed by atoms with van der Waals surface area (Å²) < 4.78 is 5.21. The minimum atomic E-state index is 0. The molecule has 3 heteroatoms. The van der Waals surface area contributed by atoms with E-state index < -0.39 is 0 Å². The van der Waals surface area contributed by atoms with E-state index in [9.17, 15) is 0 Å². The van der Waals surface area contributed by atoms with E-state index in [1.165, 1.54) is 18.9 Å². The summed E-state index contributed by atoms with van der Waals surface area (Å²) in [6.07, 6.45) is 2.75. The predicted molar refractivity (Wildman–Crippen MR) is 35.7 cm³/mol. The van der Waals surface area contributed by atoms with Gasteiger partial charge in [0.05, 0.1) is 0 Å². The van der Waals surface area contributed by atoms with Crippen LogP contribution in [0.15, 0.2) is 0 Å². The molecule has 7 heavy (non-hydrogen) atoms. The molecule has 0 aliphatic carbocycles. The second kappa shape index (κ2) is 5.32. The van der Waals surface area contributed by atoms with Gasteiger partial charge in [-0.3, -0.25) is 0 Å². The van der Waals surface area contributed by atoms with Crippen LogP contribution in [0.2, 0.25) is 6.04 Å². The van der Waals surface area contributed by atoms with Crippen LogP contribution in [0.4, 0.5) is 0 Å². The molecule has 1 saturated heterocycles. The van der Waals surface area contributed by atoms with Gasteiger partial charge in [-0.15, -0.1) is 0 Å². The summed E-state index contributed by atoms with van der Waals surface area (Å²) in [5.74, 6) is 0. The summed E-state index contributed by atoms with van der Waals surface area (Å²) in [6, 6.07) is 1.42. The summed E-state index contributed by atoms with van der Waals surface area (Å²) in [4.78, 5) is 0. The molecule has 0 unspecified atom stereocenters. The summed E-state index contributed by atoms with van der Waals surface area (Å²) >= 11 is 0. The molecule has 0 amide bonds. The number of hydrogen-bond donors (Lipinski definition) is 0. The molecule has 1 nitrogen and oxygen atoms in total. The molecule has 0 radical (unpaired) electrons. The maximum absolute atomic E-state index is 5.21. The molecule has 0 atom stereocenters. The zero-order valence-electron chi connectivity index (χ0n) is 3.94. The van der Waals surface area contributed by atoms with Gasteiger partial charge in [0.25, 0.3) is 0 Å². The van der Waals surface area contributed by atoms with Crippen LogP contribution in [0.25, 0.3) is 0 Å². The van der Waals surface area contributed by atoms with Crippen LogP contribution in [0, 0.1) is 0 Å². The van der Waals surface area contributed by atoms with Crippen molar-refractivity contribution in [3.63, 3.8) is 0 Å². The summed E-state index contributed by atoms with van der Waals surface area (Å²) in [5.41, 5.74) is 0. The molecule has 1 heterocycles. The van der Waals surface area contributed by atoms with Gasteiger partial charge < -0.3 is 4.43 Å². The van der Waals surface area contributed by atoms with E-state index >= 15 is 0 Å². The van der Waals surface area contributed by atoms with Gasteiger partial charge in [-0.2, -0.15) is 0 Å². The first-order valence-electron chi connectivity index (χ1n) is 2.58. The molecule has 0 aromatic carbocycles. The molecule has 38 valence electrons. The fraction of sp³-hybridized carbons (Fsp3) is 1.00. The van der Waals surface area contributed by atoms with Gasteiger partial charge in [0.1, 0.15) is 0 Å². The van der Waals surface area contributed by atoms with Crippen LogP contribution in [0.5, 0.6) is 0 Å². The van der Waals surface area contributed by atoms with E-state index in [4.69, 9.17) is 4.43 Å². The Morgan fingerprint density at radius 3 is 2.29 bits per heavy atom. The Morgan fingerprint density at radius 2 is 2.14 bits per heavy atom. The van der Waals surface area contributed by atoms with Gasteiger partial charge in [0, 0.05) is 6.61 Å². The third-order valence-corrected chi connectivity index (χ3v) is 2.44. The molecular formula is C4H11NaOSi. The minimum absolute atomic E-state index is 0. The molecule has 0 bridgehead atoms. The first-order valence-corrected chi connectivity index (χ1v) is 4.15. The molecule has 1 aliphatic rings. The Labute approximate surface area is 69.1 Å². The fourth-order valence-corrected chi connectivity index (χ4v) is 1.86. The van der Waals surface area contributed by atoms with Crippen molar-refractivity contribution in [3.05, 3.63) is 0 Å². The van der Waals surface area contributed by atoms with Gasteiger partial charge >= 0.3 is 29.6 Å². The molecule has 1 fully saturated rings. The predicted octanol–water partition coefficient (Wildman–Crippen LogP) is -0.350. The Bertz CT molecular complexity index is 27.2. The van der Waals surface area contributed by atoms with Crippen molar-refractivity contribution in [1.82, 2.24) is 0 Å². The average Bonchev–Trinajstić information content (AvgIpc) is 1.72. The average molecular weight is 126 g/mol. The van der Waals surface area contributed by atoms with Gasteiger partial charge in [-0.05, 0) is 12.5 Å². The van der Waals surface area contributed by atoms with E-state index in [2.05, 4.69) is 0 Å². The van der Waals surface area contributed by atoms with Gasteiger partial charge in [0.15, 0.2) is 9.76 Å². The van der Waals surface area contributed by atoms with E-state index in [0.29, 0.717) is 0 Å². The van der Waals surface area contributed by atoms with Crippen molar-refractivity contribution in [3.8, 4) is 0 Å². The second-order valence-corrected chi connectivity index (χ2v) is 3.20. The molecule has 1 rings (SSSR count). The van der Waals surface area contributed by atoms with Crippen LogP contribution in [-0.2, 0) is 4.43 Å². The first kappa shape index (κ1) is 8.18. The monoisotopic (exact) mass is 126 g/mol. The summed E-state index contributed by atoms with van der Waals surface area (Å²) in [6.45, 7) is 1.06. The normalized spacial score (nSPS) is 24.0. The zero-order chi connectivity index (χ0) is 4.24. The Kier molecular flexibility index (Phi) is 6.21. The third kappa shape index (κ3) is 3.73. The van der Waals surface area contributed by atoms with Gasteiger partial charge in [-0.1, -0.05) is 6.42 Å². The van der Waals surface area contributed by atoms with Crippen molar-refractivity contribution in [2.24, 2.45) is 0 Å². The molecule has 0 saturated carbocycles. The summed E-state index contributed by atoms with van der Waals surface area (Å²) in [7, 11) is 0.00849. The summed E-state index contributed by atoms with van der Waals surface area (Å²) in [5, 5.41) is 0. The van der Waals surface area contributed by atoms with Crippen molar-refractivity contribution in [2.45, 2.75) is 18.9 Å². The van der Waals surface area contributed by atoms with Crippen LogP contribution in [0.1, 0.15) is 12.8 Å². The van der Waals surface area contributed by atoms with Crippen molar-refractivity contribution >= 4 is 39.3 Å². The topological polar surface area (TPSA) is 9.23 Å². The number of hydrogen-bond acceptors (Lipinski definition) is 1. The van der Waals surface area contributed by atoms with Crippen molar-refractivity contribution in [1.29, 1.82) is 0 Å². The Morgan fingerprint density at radius 1 is 1.29 bits per heavy atom. The molecule has 0 aromatic rings. The molecular weight excluding hydrogens is 115 g/mol. The third-order valence-electron chi connectivity index (χ3n) is 1.08. The molecule has 0 aromatic heterocycles.